The van der Waals surface area contributed by atoms with Crippen LogP contribution in [0.2, 0.25) is 0 Å². The van der Waals surface area contributed by atoms with Crippen LogP contribution in [0.3, 0.4) is 0 Å². The number of nitrogens with one attached hydrogen (secondary N) is 1. The summed E-state index contributed by atoms with van der Waals surface area (Å²) in [5.74, 6) is 1.93. The van der Waals surface area contributed by atoms with Crippen LogP contribution in [0.1, 0.15) is 74.8 Å². The molecule has 0 radical (unpaired) electrons. The summed E-state index contributed by atoms with van der Waals surface area (Å²) in [6, 6.07) is 6.44. The van der Waals surface area contributed by atoms with Gasteiger partial charge in [-0.25, -0.2) is 0 Å². The Balaban J connectivity index is 1.62. The van der Waals surface area contributed by atoms with Gasteiger partial charge in [-0.2, -0.15) is 0 Å². The standard InChI is InChI=1S/C25H35N5O2/c1-15(2)6-11-23-27-28-24(30(23)19-8-9-19)20-13-29(18(5)31)14-21(20)25(32)26-22-10-7-16(3)12-17(22)4/h7,10,12,15,19-21H,6,8-9,11,13-14H2,1-5H3,(H,26,32)/t20-,21-/m0/s1. The summed E-state index contributed by atoms with van der Waals surface area (Å²) in [7, 11) is 0. The summed E-state index contributed by atoms with van der Waals surface area (Å²) in [5, 5.41) is 12.3. The number of rotatable bonds is 7. The van der Waals surface area contributed by atoms with Crippen LogP contribution < -0.4 is 5.32 Å². The van der Waals surface area contributed by atoms with Crippen molar-refractivity contribution in [3.05, 3.63) is 41.0 Å². The van der Waals surface area contributed by atoms with E-state index in [0.29, 0.717) is 25.0 Å². The van der Waals surface area contributed by atoms with Crippen LogP contribution in [0.4, 0.5) is 5.69 Å². The number of aryl methyl sites for hydroxylation is 3. The number of nitrogens with zero attached hydrogens (tertiary/aromatic N) is 4. The molecule has 1 N–H and O–H groups in total. The molecule has 2 fully saturated rings. The molecular formula is C25H35N5O2. The number of benzene rings is 1. The molecule has 2 aromatic rings. The third-order valence-electron chi connectivity index (χ3n) is 6.72. The Bertz CT molecular complexity index is 1010. The molecule has 1 saturated heterocycles. The van der Waals surface area contributed by atoms with E-state index in [-0.39, 0.29) is 23.7 Å². The third-order valence-corrected chi connectivity index (χ3v) is 6.72. The van der Waals surface area contributed by atoms with Crippen LogP contribution in [0.25, 0.3) is 0 Å². The van der Waals surface area contributed by atoms with E-state index < -0.39 is 0 Å². The highest BCUT2D eigenvalue weighted by atomic mass is 16.2. The Morgan fingerprint density at radius 2 is 1.91 bits per heavy atom. The Kier molecular flexibility index (Phi) is 6.35. The van der Waals surface area contributed by atoms with E-state index in [1.807, 2.05) is 26.0 Å². The second-order valence-electron chi connectivity index (χ2n) is 9.95. The second kappa shape index (κ2) is 9.04. The Morgan fingerprint density at radius 1 is 1.16 bits per heavy atom. The van der Waals surface area contributed by atoms with Crippen molar-refractivity contribution >= 4 is 17.5 Å². The third kappa shape index (κ3) is 4.71. The van der Waals surface area contributed by atoms with Crippen LogP contribution in [0.15, 0.2) is 18.2 Å². The van der Waals surface area contributed by atoms with Crippen molar-refractivity contribution < 1.29 is 9.59 Å². The van der Waals surface area contributed by atoms with Gasteiger partial charge in [-0.3, -0.25) is 9.59 Å². The maximum Gasteiger partial charge on any atom is 0.230 e. The Morgan fingerprint density at radius 3 is 2.53 bits per heavy atom. The Hall–Kier alpha value is -2.70. The van der Waals surface area contributed by atoms with Crippen molar-refractivity contribution in [1.29, 1.82) is 0 Å². The monoisotopic (exact) mass is 437 g/mol. The predicted molar refractivity (Wildman–Crippen MR) is 124 cm³/mol. The highest BCUT2D eigenvalue weighted by Crippen LogP contribution is 2.41. The first-order valence-electron chi connectivity index (χ1n) is 11.8. The van der Waals surface area contributed by atoms with E-state index in [0.717, 1.165) is 54.1 Å². The lowest BCUT2D eigenvalue weighted by molar-refractivity contribution is -0.128. The fraction of sp³-hybridized carbons (Fsp3) is 0.600. The lowest BCUT2D eigenvalue weighted by atomic mass is 9.93. The van der Waals surface area contributed by atoms with Gasteiger partial charge < -0.3 is 14.8 Å². The SMILES string of the molecule is CC(=O)N1C[C@H](C(=O)Nc2ccc(C)cc2C)[C@@H](c2nnc(CCC(C)C)n2C2CC2)C1. The first-order chi connectivity index (χ1) is 15.2. The molecule has 0 bridgehead atoms. The summed E-state index contributed by atoms with van der Waals surface area (Å²) < 4.78 is 2.29. The highest BCUT2D eigenvalue weighted by Gasteiger charge is 2.44. The number of anilines is 1. The zero-order valence-electron chi connectivity index (χ0n) is 19.9. The molecule has 2 atom stereocenters. The smallest absolute Gasteiger partial charge is 0.230 e. The molecule has 0 spiro atoms. The number of amides is 2. The van der Waals surface area contributed by atoms with Gasteiger partial charge >= 0.3 is 0 Å². The molecule has 32 heavy (non-hydrogen) atoms. The lowest BCUT2D eigenvalue weighted by Gasteiger charge is -2.20. The van der Waals surface area contributed by atoms with Gasteiger partial charge in [-0.15, -0.1) is 10.2 Å². The average Bonchev–Trinajstić information content (AvgIpc) is 3.31. The van der Waals surface area contributed by atoms with Crippen LogP contribution in [-0.4, -0.2) is 44.6 Å². The van der Waals surface area contributed by atoms with Gasteiger partial charge in [-0.05, 0) is 50.7 Å². The van der Waals surface area contributed by atoms with E-state index in [1.54, 1.807) is 11.8 Å². The van der Waals surface area contributed by atoms with Crippen molar-refractivity contribution in [3.8, 4) is 0 Å². The maximum absolute atomic E-state index is 13.4. The number of likely N-dealkylation sites (tertiary alicyclic amines) is 1. The number of aromatic nitrogens is 3. The molecule has 7 heteroatoms. The van der Waals surface area contributed by atoms with E-state index >= 15 is 0 Å². The first kappa shape index (κ1) is 22.5. The van der Waals surface area contributed by atoms with Crippen molar-refractivity contribution in [2.45, 2.75) is 72.3 Å². The molecule has 1 aliphatic heterocycles. The number of hydrogen-bond acceptors (Lipinski definition) is 4. The average molecular weight is 438 g/mol. The summed E-state index contributed by atoms with van der Waals surface area (Å²) in [6.45, 7) is 11.0. The fourth-order valence-corrected chi connectivity index (χ4v) is 4.68. The summed E-state index contributed by atoms with van der Waals surface area (Å²) in [4.78, 5) is 27.4. The maximum atomic E-state index is 13.4. The minimum atomic E-state index is -0.348. The minimum absolute atomic E-state index is 0.00525. The second-order valence-corrected chi connectivity index (χ2v) is 9.95. The van der Waals surface area contributed by atoms with Gasteiger partial charge in [0, 0.05) is 38.2 Å². The molecule has 2 heterocycles. The molecule has 0 unspecified atom stereocenters. The predicted octanol–water partition coefficient (Wildman–Crippen LogP) is 4.02. The lowest BCUT2D eigenvalue weighted by Crippen LogP contribution is -2.31. The van der Waals surface area contributed by atoms with Crippen LogP contribution in [-0.2, 0) is 16.0 Å². The van der Waals surface area contributed by atoms with Crippen molar-refractivity contribution in [1.82, 2.24) is 19.7 Å². The van der Waals surface area contributed by atoms with E-state index in [4.69, 9.17) is 0 Å². The summed E-state index contributed by atoms with van der Waals surface area (Å²) in [6.07, 6.45) is 4.21. The molecule has 7 nitrogen and oxygen atoms in total. The van der Waals surface area contributed by atoms with E-state index in [2.05, 4.69) is 40.0 Å². The summed E-state index contributed by atoms with van der Waals surface area (Å²) in [5.41, 5.74) is 3.02. The zero-order valence-corrected chi connectivity index (χ0v) is 19.9. The molecular weight excluding hydrogens is 402 g/mol. The molecule has 4 rings (SSSR count). The molecule has 1 aromatic heterocycles. The van der Waals surface area contributed by atoms with E-state index in [9.17, 15) is 9.59 Å². The fourth-order valence-electron chi connectivity index (χ4n) is 4.68. The van der Waals surface area contributed by atoms with Crippen molar-refractivity contribution in [2.24, 2.45) is 11.8 Å². The Labute approximate surface area is 190 Å². The zero-order chi connectivity index (χ0) is 23.0. The van der Waals surface area contributed by atoms with Crippen LogP contribution in [0.5, 0.6) is 0 Å². The molecule has 1 aromatic carbocycles. The largest absolute Gasteiger partial charge is 0.341 e. The van der Waals surface area contributed by atoms with Gasteiger partial charge in [0.2, 0.25) is 11.8 Å². The highest BCUT2D eigenvalue weighted by molar-refractivity contribution is 5.94. The van der Waals surface area contributed by atoms with Crippen LogP contribution in [0, 0.1) is 25.7 Å². The normalized spacial score (nSPS) is 20.8. The van der Waals surface area contributed by atoms with Gasteiger partial charge in [0.25, 0.3) is 0 Å². The van der Waals surface area contributed by atoms with E-state index in [1.165, 1.54) is 0 Å². The van der Waals surface area contributed by atoms with Gasteiger partial charge in [0.15, 0.2) is 0 Å². The van der Waals surface area contributed by atoms with Gasteiger partial charge in [0.05, 0.1) is 11.8 Å². The first-order valence-corrected chi connectivity index (χ1v) is 11.8. The minimum Gasteiger partial charge on any atom is -0.341 e. The molecule has 2 amide bonds. The van der Waals surface area contributed by atoms with Crippen LogP contribution >= 0.6 is 0 Å². The summed E-state index contributed by atoms with van der Waals surface area (Å²) >= 11 is 0. The number of hydrogen-bond donors (Lipinski definition) is 1. The molecule has 1 aliphatic carbocycles. The topological polar surface area (TPSA) is 80.1 Å². The van der Waals surface area contributed by atoms with Crippen molar-refractivity contribution in [2.75, 3.05) is 18.4 Å². The molecule has 1 saturated carbocycles. The van der Waals surface area contributed by atoms with Gasteiger partial charge in [0.1, 0.15) is 11.6 Å². The van der Waals surface area contributed by atoms with Gasteiger partial charge in [-0.1, -0.05) is 31.5 Å². The number of carbonyl (C=O) groups excluding carboxylic acids is 2. The van der Waals surface area contributed by atoms with Crippen molar-refractivity contribution in [3.63, 3.8) is 0 Å². The quantitative estimate of drug-likeness (QED) is 0.709. The number of carbonyl (C=O) groups is 2. The molecule has 2 aliphatic rings. The molecule has 172 valence electrons.